The maximum atomic E-state index is 12.0. The molecule has 0 radical (unpaired) electrons. The highest BCUT2D eigenvalue weighted by Gasteiger charge is 2.38. The molecule has 0 aliphatic carbocycles. The number of piperidine rings is 1. The van der Waals surface area contributed by atoms with Crippen LogP contribution in [0.25, 0.3) is 0 Å². The zero-order valence-electron chi connectivity index (χ0n) is 16.9. The van der Waals surface area contributed by atoms with Crippen LogP contribution in [0.3, 0.4) is 0 Å². The Morgan fingerprint density at radius 1 is 1.00 bits per heavy atom. The van der Waals surface area contributed by atoms with Crippen molar-refractivity contribution < 1.29 is 4.79 Å². The summed E-state index contributed by atoms with van der Waals surface area (Å²) >= 11 is 0. The Hall–Kier alpha value is -2.35. The molecule has 2 N–H and O–H groups in total. The highest BCUT2D eigenvalue weighted by Crippen LogP contribution is 2.35. The SMILES string of the molecule is NCC1(c2ccccc2)CCN(C(C=O)N2CCN(c3cnccn3)CC2)CC1. The van der Waals surface area contributed by atoms with Gasteiger partial charge in [0, 0.05) is 63.6 Å². The lowest BCUT2D eigenvalue weighted by Gasteiger charge is -2.47. The summed E-state index contributed by atoms with van der Waals surface area (Å²) in [5.74, 6) is 0.906. The normalized spacial score (nSPS) is 21.6. The minimum atomic E-state index is -0.162. The van der Waals surface area contributed by atoms with Crippen LogP contribution in [0.4, 0.5) is 5.82 Å². The lowest BCUT2D eigenvalue weighted by Crippen LogP contribution is -2.59. The van der Waals surface area contributed by atoms with Crippen molar-refractivity contribution in [1.29, 1.82) is 0 Å². The van der Waals surface area contributed by atoms with Gasteiger partial charge in [-0.1, -0.05) is 30.3 Å². The molecule has 2 fully saturated rings. The summed E-state index contributed by atoms with van der Waals surface area (Å²) in [7, 11) is 0. The number of hydrogen-bond acceptors (Lipinski definition) is 7. The molecular formula is C22H30N6O. The van der Waals surface area contributed by atoms with Gasteiger partial charge >= 0.3 is 0 Å². The first-order valence-corrected chi connectivity index (χ1v) is 10.5. The molecule has 29 heavy (non-hydrogen) atoms. The summed E-state index contributed by atoms with van der Waals surface area (Å²) in [6.45, 7) is 5.82. The number of benzene rings is 1. The van der Waals surface area contributed by atoms with Gasteiger partial charge in [0.25, 0.3) is 0 Å². The molecule has 7 heteroatoms. The van der Waals surface area contributed by atoms with Crippen molar-refractivity contribution in [2.75, 3.05) is 50.7 Å². The van der Waals surface area contributed by atoms with E-state index in [9.17, 15) is 4.79 Å². The molecule has 2 saturated heterocycles. The van der Waals surface area contributed by atoms with E-state index in [-0.39, 0.29) is 11.6 Å². The molecule has 2 aliphatic rings. The molecule has 3 heterocycles. The van der Waals surface area contributed by atoms with Gasteiger partial charge in [-0.05, 0) is 18.4 Å². The van der Waals surface area contributed by atoms with Gasteiger partial charge in [-0.3, -0.25) is 14.8 Å². The summed E-state index contributed by atoms with van der Waals surface area (Å²) in [5, 5.41) is 0. The van der Waals surface area contributed by atoms with Crippen LogP contribution in [0.1, 0.15) is 18.4 Å². The molecule has 154 valence electrons. The van der Waals surface area contributed by atoms with Crippen LogP contribution in [0.15, 0.2) is 48.9 Å². The second-order valence-corrected chi connectivity index (χ2v) is 8.02. The van der Waals surface area contributed by atoms with E-state index >= 15 is 0 Å². The second-order valence-electron chi connectivity index (χ2n) is 8.02. The third-order valence-corrected chi connectivity index (χ3v) is 6.59. The minimum absolute atomic E-state index is 0.0237. The molecule has 2 aliphatic heterocycles. The molecule has 1 aromatic carbocycles. The van der Waals surface area contributed by atoms with Crippen molar-refractivity contribution in [3.63, 3.8) is 0 Å². The van der Waals surface area contributed by atoms with Gasteiger partial charge in [0.05, 0.1) is 6.20 Å². The maximum absolute atomic E-state index is 12.0. The highest BCUT2D eigenvalue weighted by atomic mass is 16.1. The third-order valence-electron chi connectivity index (χ3n) is 6.59. The van der Waals surface area contributed by atoms with E-state index in [1.165, 1.54) is 5.56 Å². The Morgan fingerprint density at radius 2 is 1.69 bits per heavy atom. The van der Waals surface area contributed by atoms with Crippen molar-refractivity contribution in [2.24, 2.45) is 5.73 Å². The molecule has 1 atom stereocenters. The molecule has 1 unspecified atom stereocenters. The van der Waals surface area contributed by atoms with Gasteiger partial charge in [-0.2, -0.15) is 0 Å². The number of carbonyl (C=O) groups is 1. The van der Waals surface area contributed by atoms with Crippen LogP contribution in [0, 0.1) is 0 Å². The number of carbonyl (C=O) groups excluding carboxylic acids is 1. The molecule has 7 nitrogen and oxygen atoms in total. The number of piperazine rings is 1. The average molecular weight is 395 g/mol. The van der Waals surface area contributed by atoms with E-state index < -0.39 is 0 Å². The van der Waals surface area contributed by atoms with E-state index in [1.807, 2.05) is 6.07 Å². The summed E-state index contributed by atoms with van der Waals surface area (Å²) in [6, 6.07) is 10.6. The largest absolute Gasteiger partial charge is 0.353 e. The number of nitrogens with zero attached hydrogens (tertiary/aromatic N) is 5. The fraction of sp³-hybridized carbons (Fsp3) is 0.500. The highest BCUT2D eigenvalue weighted by molar-refractivity contribution is 5.57. The topological polar surface area (TPSA) is 78.6 Å². The van der Waals surface area contributed by atoms with Gasteiger partial charge in [-0.15, -0.1) is 0 Å². The summed E-state index contributed by atoms with van der Waals surface area (Å²) in [5.41, 5.74) is 7.57. The Kier molecular flexibility index (Phi) is 6.18. The first-order valence-electron chi connectivity index (χ1n) is 10.5. The van der Waals surface area contributed by atoms with Crippen LogP contribution < -0.4 is 10.6 Å². The van der Waals surface area contributed by atoms with Gasteiger partial charge in [0.15, 0.2) is 6.29 Å². The number of aldehydes is 1. The number of aromatic nitrogens is 2. The Balaban J connectivity index is 1.37. The standard InChI is InChI=1S/C22H30N6O/c23-18-22(19-4-2-1-3-5-19)6-10-27(11-7-22)21(17-29)28-14-12-26(13-15-28)20-16-24-8-9-25-20/h1-5,8-9,16-17,21H,6-7,10-15,18,23H2. The number of anilines is 1. The molecule has 0 bridgehead atoms. The monoisotopic (exact) mass is 394 g/mol. The van der Waals surface area contributed by atoms with Crippen LogP contribution >= 0.6 is 0 Å². The number of nitrogens with two attached hydrogens (primary N) is 1. The van der Waals surface area contributed by atoms with Gasteiger partial charge < -0.3 is 15.4 Å². The average Bonchev–Trinajstić information content (AvgIpc) is 2.82. The summed E-state index contributed by atoms with van der Waals surface area (Å²) in [6.07, 6.45) is 8.12. The first-order chi connectivity index (χ1) is 14.3. The fourth-order valence-electron chi connectivity index (χ4n) is 4.69. The van der Waals surface area contributed by atoms with Gasteiger partial charge in [0.2, 0.25) is 0 Å². The molecule has 2 aromatic rings. The predicted molar refractivity (Wildman–Crippen MR) is 114 cm³/mol. The fourth-order valence-corrected chi connectivity index (χ4v) is 4.69. The zero-order chi connectivity index (χ0) is 20.1. The van der Waals surface area contributed by atoms with E-state index in [1.54, 1.807) is 18.6 Å². The Morgan fingerprint density at radius 3 is 2.28 bits per heavy atom. The van der Waals surface area contributed by atoms with E-state index in [0.29, 0.717) is 6.54 Å². The number of rotatable bonds is 6. The van der Waals surface area contributed by atoms with Crippen LogP contribution in [0.5, 0.6) is 0 Å². The van der Waals surface area contributed by atoms with Crippen molar-refractivity contribution in [3.05, 3.63) is 54.5 Å². The number of likely N-dealkylation sites (tertiary alicyclic amines) is 1. The van der Waals surface area contributed by atoms with Crippen LogP contribution in [0.2, 0.25) is 0 Å². The van der Waals surface area contributed by atoms with Crippen molar-refractivity contribution in [3.8, 4) is 0 Å². The van der Waals surface area contributed by atoms with E-state index in [0.717, 1.165) is 64.2 Å². The molecule has 0 spiro atoms. The van der Waals surface area contributed by atoms with Gasteiger partial charge in [0.1, 0.15) is 12.0 Å². The van der Waals surface area contributed by atoms with Crippen LogP contribution in [-0.2, 0) is 10.2 Å². The van der Waals surface area contributed by atoms with Gasteiger partial charge in [-0.25, -0.2) is 4.98 Å². The molecule has 0 amide bonds. The van der Waals surface area contributed by atoms with Crippen molar-refractivity contribution >= 4 is 12.1 Å². The quantitative estimate of drug-likeness (QED) is 0.736. The molecule has 0 saturated carbocycles. The lowest BCUT2D eigenvalue weighted by atomic mass is 9.73. The molecule has 4 rings (SSSR count). The van der Waals surface area contributed by atoms with E-state index in [2.05, 4.69) is 48.9 Å². The predicted octanol–water partition coefficient (Wildman–Crippen LogP) is 1.12. The Labute approximate surface area is 172 Å². The third kappa shape index (κ3) is 4.17. The second kappa shape index (κ2) is 8.98. The van der Waals surface area contributed by atoms with Crippen molar-refractivity contribution in [2.45, 2.75) is 24.4 Å². The Bertz CT molecular complexity index is 770. The smallest absolute Gasteiger partial charge is 0.151 e. The molecule has 1 aromatic heterocycles. The lowest BCUT2D eigenvalue weighted by molar-refractivity contribution is -0.120. The minimum Gasteiger partial charge on any atom is -0.353 e. The summed E-state index contributed by atoms with van der Waals surface area (Å²) in [4.78, 5) is 27.4. The first kappa shape index (κ1) is 19.9. The number of hydrogen-bond donors (Lipinski definition) is 1. The molecular weight excluding hydrogens is 364 g/mol. The van der Waals surface area contributed by atoms with Crippen molar-refractivity contribution in [1.82, 2.24) is 19.8 Å². The van der Waals surface area contributed by atoms with E-state index in [4.69, 9.17) is 5.73 Å². The van der Waals surface area contributed by atoms with Crippen LogP contribution in [-0.4, -0.2) is 78.0 Å². The maximum Gasteiger partial charge on any atom is 0.151 e. The summed E-state index contributed by atoms with van der Waals surface area (Å²) < 4.78 is 0. The zero-order valence-corrected chi connectivity index (χ0v) is 16.9.